The van der Waals surface area contributed by atoms with Crippen molar-refractivity contribution in [1.82, 2.24) is 14.5 Å². The molecule has 214 valence electrons. The molecule has 2 amide bonds. The van der Waals surface area contributed by atoms with Gasteiger partial charge in [-0.3, -0.25) is 9.59 Å². The maximum atomic E-state index is 14.9. The highest BCUT2D eigenvalue weighted by atomic mass is 35.5. The molecule has 0 spiro atoms. The van der Waals surface area contributed by atoms with Gasteiger partial charge in [-0.2, -0.15) is 12.7 Å². The molecule has 1 N–H and O–H groups in total. The number of carbonyl (C=O) groups excluding carboxylic acids is 2. The lowest BCUT2D eigenvalue weighted by Crippen LogP contribution is -2.54. The standard InChI is InChI=1S/C29H34ClFN4O4S/c1-4-18-32-29(37)27(19-22-10-6-5-7-11-22)34(20-23-14-16-24(30)17-15-23)28(36)21-35(40(38,39)33(2)3)26-13-9-8-12-25(26)31/h5-17,27H,4,18-21H2,1-3H3,(H,32,37). The molecule has 11 heteroatoms. The summed E-state index contributed by atoms with van der Waals surface area (Å²) >= 11 is 6.06. The van der Waals surface area contributed by atoms with E-state index >= 15 is 0 Å². The van der Waals surface area contributed by atoms with Crippen LogP contribution in [0.15, 0.2) is 78.9 Å². The van der Waals surface area contributed by atoms with E-state index in [-0.39, 0.29) is 24.6 Å². The molecule has 0 bridgehead atoms. The van der Waals surface area contributed by atoms with Gasteiger partial charge in [0.1, 0.15) is 18.4 Å². The van der Waals surface area contributed by atoms with Gasteiger partial charge in [-0.1, -0.05) is 73.1 Å². The van der Waals surface area contributed by atoms with Gasteiger partial charge in [-0.25, -0.2) is 8.70 Å². The first kappa shape index (κ1) is 31.1. The fraction of sp³-hybridized carbons (Fsp3) is 0.310. The molecule has 3 aromatic carbocycles. The summed E-state index contributed by atoms with van der Waals surface area (Å²) in [5.41, 5.74) is 1.23. The topological polar surface area (TPSA) is 90.0 Å². The van der Waals surface area contributed by atoms with Gasteiger partial charge in [0.25, 0.3) is 0 Å². The maximum absolute atomic E-state index is 14.9. The molecule has 0 heterocycles. The fourth-order valence-corrected chi connectivity index (χ4v) is 5.25. The first-order valence-electron chi connectivity index (χ1n) is 12.8. The number of para-hydroxylation sites is 1. The van der Waals surface area contributed by atoms with Gasteiger partial charge in [-0.05, 0) is 41.8 Å². The normalized spacial score (nSPS) is 12.2. The monoisotopic (exact) mass is 588 g/mol. The molecule has 1 unspecified atom stereocenters. The Hall–Kier alpha value is -3.47. The van der Waals surface area contributed by atoms with E-state index in [9.17, 15) is 22.4 Å². The summed E-state index contributed by atoms with van der Waals surface area (Å²) in [5.74, 6) is -1.84. The number of halogens is 2. The van der Waals surface area contributed by atoms with Gasteiger partial charge in [-0.15, -0.1) is 0 Å². The minimum absolute atomic E-state index is 0.000170. The van der Waals surface area contributed by atoms with Gasteiger partial charge in [0.15, 0.2) is 0 Å². The van der Waals surface area contributed by atoms with E-state index < -0.39 is 34.5 Å². The SMILES string of the molecule is CCCNC(=O)C(Cc1ccccc1)N(Cc1ccc(Cl)cc1)C(=O)CN(c1ccccc1F)S(=O)(=O)N(C)C. The second kappa shape index (κ2) is 14.2. The Labute approximate surface area is 240 Å². The second-order valence-electron chi connectivity index (χ2n) is 9.39. The summed E-state index contributed by atoms with van der Waals surface area (Å²) < 4.78 is 43.1. The lowest BCUT2D eigenvalue weighted by molar-refractivity contribution is -0.140. The summed E-state index contributed by atoms with van der Waals surface area (Å²) in [5, 5.41) is 3.38. The number of hydrogen-bond donors (Lipinski definition) is 1. The molecular weight excluding hydrogens is 555 g/mol. The van der Waals surface area contributed by atoms with Crippen LogP contribution < -0.4 is 9.62 Å². The van der Waals surface area contributed by atoms with E-state index in [1.54, 1.807) is 24.3 Å². The van der Waals surface area contributed by atoms with Gasteiger partial charge < -0.3 is 10.2 Å². The number of hydrogen-bond acceptors (Lipinski definition) is 4. The smallest absolute Gasteiger partial charge is 0.304 e. The maximum Gasteiger partial charge on any atom is 0.304 e. The number of amides is 2. The van der Waals surface area contributed by atoms with Gasteiger partial charge >= 0.3 is 10.2 Å². The Bertz CT molecular complexity index is 1390. The van der Waals surface area contributed by atoms with Crippen molar-refractivity contribution in [3.05, 3.63) is 101 Å². The number of benzene rings is 3. The van der Waals surface area contributed by atoms with Crippen molar-refractivity contribution in [1.29, 1.82) is 0 Å². The average Bonchev–Trinajstić information content (AvgIpc) is 2.94. The van der Waals surface area contributed by atoms with Crippen LogP contribution in [-0.2, 0) is 32.8 Å². The van der Waals surface area contributed by atoms with Gasteiger partial charge in [0, 0.05) is 38.6 Å². The van der Waals surface area contributed by atoms with Crippen molar-refractivity contribution >= 4 is 39.3 Å². The van der Waals surface area contributed by atoms with Crippen LogP contribution in [0.5, 0.6) is 0 Å². The van der Waals surface area contributed by atoms with Gasteiger partial charge in [0.2, 0.25) is 11.8 Å². The highest BCUT2D eigenvalue weighted by Crippen LogP contribution is 2.24. The van der Waals surface area contributed by atoms with E-state index in [2.05, 4.69) is 5.32 Å². The van der Waals surface area contributed by atoms with Crippen LogP contribution in [0.1, 0.15) is 24.5 Å². The predicted molar refractivity (Wildman–Crippen MR) is 156 cm³/mol. The molecule has 3 aromatic rings. The minimum Gasteiger partial charge on any atom is -0.354 e. The first-order chi connectivity index (χ1) is 19.0. The Morgan fingerprint density at radius 2 is 1.55 bits per heavy atom. The first-order valence-corrected chi connectivity index (χ1v) is 14.6. The molecule has 0 aliphatic heterocycles. The lowest BCUT2D eigenvalue weighted by atomic mass is 10.0. The summed E-state index contributed by atoms with van der Waals surface area (Å²) in [6.45, 7) is 1.60. The number of rotatable bonds is 13. The molecule has 0 aliphatic rings. The van der Waals surface area contributed by atoms with Crippen LogP contribution in [0.4, 0.5) is 10.1 Å². The zero-order valence-electron chi connectivity index (χ0n) is 22.8. The molecule has 3 rings (SSSR count). The number of anilines is 1. The molecule has 0 radical (unpaired) electrons. The Morgan fingerprint density at radius 3 is 2.15 bits per heavy atom. The molecule has 8 nitrogen and oxygen atoms in total. The molecular formula is C29H34ClFN4O4S. The summed E-state index contributed by atoms with van der Waals surface area (Å²) in [4.78, 5) is 28.9. The molecule has 40 heavy (non-hydrogen) atoms. The molecule has 0 saturated heterocycles. The van der Waals surface area contributed by atoms with E-state index in [1.165, 1.54) is 37.2 Å². The minimum atomic E-state index is -4.28. The van der Waals surface area contributed by atoms with E-state index in [0.717, 1.165) is 20.2 Å². The van der Waals surface area contributed by atoms with Gasteiger partial charge in [0.05, 0.1) is 5.69 Å². The average molecular weight is 589 g/mol. The number of nitrogens with zero attached hydrogens (tertiary/aromatic N) is 3. The third-order valence-corrected chi connectivity index (χ3v) is 8.28. The third kappa shape index (κ3) is 8.03. The van der Waals surface area contributed by atoms with E-state index in [4.69, 9.17) is 11.6 Å². The van der Waals surface area contributed by atoms with Crippen molar-refractivity contribution < 1.29 is 22.4 Å². The van der Waals surface area contributed by atoms with E-state index in [1.807, 2.05) is 37.3 Å². The molecule has 0 saturated carbocycles. The summed E-state index contributed by atoms with van der Waals surface area (Å²) in [7, 11) is -1.68. The van der Waals surface area contributed by atoms with Crippen LogP contribution in [0.2, 0.25) is 5.02 Å². The number of nitrogens with one attached hydrogen (secondary N) is 1. The van der Waals surface area contributed by atoms with Crippen LogP contribution in [0, 0.1) is 5.82 Å². The van der Waals surface area contributed by atoms with Crippen LogP contribution >= 0.6 is 11.6 Å². The van der Waals surface area contributed by atoms with Crippen molar-refractivity contribution in [2.24, 2.45) is 0 Å². The van der Waals surface area contributed by atoms with Crippen molar-refractivity contribution in [3.8, 4) is 0 Å². The highest BCUT2D eigenvalue weighted by Gasteiger charge is 2.35. The third-order valence-electron chi connectivity index (χ3n) is 6.23. The van der Waals surface area contributed by atoms with Crippen LogP contribution in [0.25, 0.3) is 0 Å². The fourth-order valence-electron chi connectivity index (χ4n) is 4.06. The Kier molecular flexibility index (Phi) is 11.1. The number of carbonyl (C=O) groups is 2. The molecule has 1 atom stereocenters. The zero-order valence-corrected chi connectivity index (χ0v) is 24.3. The highest BCUT2D eigenvalue weighted by molar-refractivity contribution is 7.90. The van der Waals surface area contributed by atoms with Crippen molar-refractivity contribution in [2.45, 2.75) is 32.4 Å². The summed E-state index contributed by atoms with van der Waals surface area (Å²) in [6.07, 6.45) is 0.882. The summed E-state index contributed by atoms with van der Waals surface area (Å²) in [6, 6.07) is 20.4. The molecule has 0 aliphatic carbocycles. The lowest BCUT2D eigenvalue weighted by Gasteiger charge is -2.34. The molecule has 0 fully saturated rings. The predicted octanol–water partition coefficient (Wildman–Crippen LogP) is 4.26. The zero-order chi connectivity index (χ0) is 29.3. The largest absolute Gasteiger partial charge is 0.354 e. The van der Waals surface area contributed by atoms with Crippen LogP contribution in [0.3, 0.4) is 0 Å². The van der Waals surface area contributed by atoms with Crippen molar-refractivity contribution in [3.63, 3.8) is 0 Å². The van der Waals surface area contributed by atoms with Crippen LogP contribution in [-0.4, -0.2) is 62.7 Å². The van der Waals surface area contributed by atoms with E-state index in [0.29, 0.717) is 23.6 Å². The molecule has 0 aromatic heterocycles. The Morgan fingerprint density at radius 1 is 0.925 bits per heavy atom. The van der Waals surface area contributed by atoms with Crippen molar-refractivity contribution in [2.75, 3.05) is 31.5 Å². The quantitative estimate of drug-likeness (QED) is 0.323. The second-order valence-corrected chi connectivity index (χ2v) is 11.9. The Balaban J connectivity index is 2.08.